The third kappa shape index (κ3) is 4.61. The molecular formula is C19H23ClN3O3S+. The number of nitrogens with one attached hydrogen (secondary N) is 1. The van der Waals surface area contributed by atoms with E-state index in [-0.39, 0.29) is 17.3 Å². The van der Waals surface area contributed by atoms with Crippen molar-refractivity contribution in [3.63, 3.8) is 0 Å². The molecule has 1 saturated heterocycles. The summed E-state index contributed by atoms with van der Waals surface area (Å²) in [5, 5.41) is 0.504. The van der Waals surface area contributed by atoms with Crippen LogP contribution in [0, 0.1) is 0 Å². The van der Waals surface area contributed by atoms with E-state index < -0.39 is 10.0 Å². The van der Waals surface area contributed by atoms with Gasteiger partial charge in [0, 0.05) is 5.02 Å². The van der Waals surface area contributed by atoms with E-state index in [0.717, 1.165) is 17.4 Å². The summed E-state index contributed by atoms with van der Waals surface area (Å²) in [4.78, 5) is 16.1. The van der Waals surface area contributed by atoms with Crippen LogP contribution in [0.15, 0.2) is 59.5 Å². The van der Waals surface area contributed by atoms with Crippen LogP contribution in [-0.2, 0) is 14.8 Å². The first-order valence-electron chi connectivity index (χ1n) is 8.80. The van der Waals surface area contributed by atoms with Gasteiger partial charge in [-0.15, -0.1) is 0 Å². The minimum Gasteiger partial charge on any atom is -0.334 e. The second kappa shape index (κ2) is 8.29. The number of sulfonamides is 1. The number of halogens is 1. The van der Waals surface area contributed by atoms with E-state index in [0.29, 0.717) is 23.8 Å². The zero-order valence-electron chi connectivity index (χ0n) is 15.1. The van der Waals surface area contributed by atoms with Crippen molar-refractivity contribution in [2.45, 2.75) is 4.90 Å². The number of quaternary nitrogens is 1. The monoisotopic (exact) mass is 408 g/mol. The summed E-state index contributed by atoms with van der Waals surface area (Å²) < 4.78 is 27.6. The first kappa shape index (κ1) is 19.7. The predicted molar refractivity (Wildman–Crippen MR) is 106 cm³/mol. The second-order valence-corrected chi connectivity index (χ2v) is 8.94. The molecule has 0 radical (unpaired) electrons. The Morgan fingerprint density at radius 3 is 2.26 bits per heavy atom. The largest absolute Gasteiger partial charge is 0.334 e. The molecule has 1 heterocycles. The Balaban J connectivity index is 1.91. The Morgan fingerprint density at radius 2 is 1.67 bits per heavy atom. The summed E-state index contributed by atoms with van der Waals surface area (Å²) in [5.74, 6) is -0.197. The third-order valence-electron chi connectivity index (χ3n) is 4.69. The first-order chi connectivity index (χ1) is 12.9. The smallest absolute Gasteiger partial charge is 0.264 e. The molecule has 6 nitrogen and oxygen atoms in total. The van der Waals surface area contributed by atoms with Gasteiger partial charge in [-0.3, -0.25) is 9.10 Å². The maximum absolute atomic E-state index is 13.2. The van der Waals surface area contributed by atoms with Crippen LogP contribution in [0.2, 0.25) is 5.02 Å². The van der Waals surface area contributed by atoms with E-state index in [1.54, 1.807) is 47.4 Å². The summed E-state index contributed by atoms with van der Waals surface area (Å²) >= 11 is 5.94. The summed E-state index contributed by atoms with van der Waals surface area (Å²) in [7, 11) is -1.79. The lowest BCUT2D eigenvalue weighted by molar-refractivity contribution is -0.883. The lowest BCUT2D eigenvalue weighted by Gasteiger charge is -2.32. The Hall–Kier alpha value is -2.09. The second-order valence-electron chi connectivity index (χ2n) is 6.64. The molecule has 1 aliphatic heterocycles. The molecule has 144 valence electrons. The van der Waals surface area contributed by atoms with Gasteiger partial charge in [0.05, 0.1) is 43.8 Å². The topological polar surface area (TPSA) is 62.1 Å². The van der Waals surface area contributed by atoms with E-state index in [4.69, 9.17) is 11.6 Å². The molecule has 27 heavy (non-hydrogen) atoms. The number of carbonyl (C=O) groups excluding carboxylic acids is 1. The van der Waals surface area contributed by atoms with Gasteiger partial charge in [-0.05, 0) is 36.4 Å². The van der Waals surface area contributed by atoms with Crippen LogP contribution in [0.5, 0.6) is 0 Å². The fraction of sp³-hybridized carbons (Fsp3) is 0.316. The van der Waals surface area contributed by atoms with Gasteiger partial charge < -0.3 is 9.80 Å². The van der Waals surface area contributed by atoms with Crippen molar-refractivity contribution in [3.05, 3.63) is 59.6 Å². The van der Waals surface area contributed by atoms with Crippen LogP contribution in [0.25, 0.3) is 0 Å². The van der Waals surface area contributed by atoms with E-state index in [1.165, 1.54) is 17.0 Å². The molecule has 2 aromatic carbocycles. The van der Waals surface area contributed by atoms with Crippen molar-refractivity contribution in [1.29, 1.82) is 0 Å². The molecular weight excluding hydrogens is 386 g/mol. The molecule has 1 N–H and O–H groups in total. The normalized spacial score (nSPS) is 15.6. The van der Waals surface area contributed by atoms with Gasteiger partial charge in [-0.25, -0.2) is 8.42 Å². The number of rotatable bonds is 5. The number of amides is 1. The van der Waals surface area contributed by atoms with Gasteiger partial charge in [0.2, 0.25) is 5.91 Å². The lowest BCUT2D eigenvalue weighted by atomic mass is 10.3. The minimum absolute atomic E-state index is 0.149. The summed E-state index contributed by atoms with van der Waals surface area (Å²) in [6.07, 6.45) is 0. The molecule has 1 aliphatic rings. The van der Waals surface area contributed by atoms with Crippen molar-refractivity contribution >= 4 is 33.2 Å². The molecule has 0 aliphatic carbocycles. The highest BCUT2D eigenvalue weighted by atomic mass is 35.5. The van der Waals surface area contributed by atoms with Crippen molar-refractivity contribution < 1.29 is 18.1 Å². The fourth-order valence-corrected chi connectivity index (χ4v) is 4.56. The first-order valence-corrected chi connectivity index (χ1v) is 10.6. The maximum Gasteiger partial charge on any atom is 0.264 e. The van der Waals surface area contributed by atoms with Gasteiger partial charge in [-0.1, -0.05) is 29.8 Å². The third-order valence-corrected chi connectivity index (χ3v) is 6.73. The average Bonchev–Trinajstić information content (AvgIpc) is 2.68. The van der Waals surface area contributed by atoms with Gasteiger partial charge in [0.25, 0.3) is 10.0 Å². The van der Waals surface area contributed by atoms with Crippen LogP contribution >= 0.6 is 11.6 Å². The van der Waals surface area contributed by atoms with E-state index in [9.17, 15) is 13.2 Å². The zero-order valence-corrected chi connectivity index (χ0v) is 16.7. The van der Waals surface area contributed by atoms with E-state index >= 15 is 0 Å². The average molecular weight is 409 g/mol. The highest BCUT2D eigenvalue weighted by Crippen LogP contribution is 2.25. The molecule has 0 aromatic heterocycles. The summed E-state index contributed by atoms with van der Waals surface area (Å²) in [6.45, 7) is 2.74. The number of carbonyl (C=O) groups is 1. The van der Waals surface area contributed by atoms with Crippen molar-refractivity contribution in [1.82, 2.24) is 4.90 Å². The van der Waals surface area contributed by atoms with Gasteiger partial charge in [0.1, 0.15) is 6.54 Å². The van der Waals surface area contributed by atoms with Gasteiger partial charge >= 0.3 is 0 Å². The van der Waals surface area contributed by atoms with Gasteiger partial charge in [0.15, 0.2) is 0 Å². The lowest BCUT2D eigenvalue weighted by Crippen LogP contribution is -3.12. The molecule has 2 aromatic rings. The van der Waals surface area contributed by atoms with Crippen LogP contribution in [-0.4, -0.2) is 59.0 Å². The van der Waals surface area contributed by atoms with Crippen molar-refractivity contribution in [2.24, 2.45) is 0 Å². The molecule has 0 atom stereocenters. The summed E-state index contributed by atoms with van der Waals surface area (Å²) in [6, 6.07) is 14.6. The molecule has 0 bridgehead atoms. The maximum atomic E-state index is 13.2. The molecule has 0 spiro atoms. The van der Waals surface area contributed by atoms with Crippen LogP contribution < -0.4 is 9.21 Å². The number of piperazine rings is 1. The highest BCUT2D eigenvalue weighted by molar-refractivity contribution is 7.92. The van der Waals surface area contributed by atoms with E-state index in [1.807, 2.05) is 0 Å². The summed E-state index contributed by atoms with van der Waals surface area (Å²) in [5.41, 5.74) is 0.413. The minimum atomic E-state index is -3.87. The van der Waals surface area contributed by atoms with Crippen molar-refractivity contribution in [2.75, 3.05) is 44.1 Å². The molecule has 8 heteroatoms. The molecule has 1 fully saturated rings. The molecule has 3 rings (SSSR count). The van der Waals surface area contributed by atoms with Crippen LogP contribution in [0.1, 0.15) is 0 Å². The zero-order chi connectivity index (χ0) is 19.4. The quantitative estimate of drug-likeness (QED) is 0.799. The van der Waals surface area contributed by atoms with Crippen LogP contribution in [0.3, 0.4) is 0 Å². The number of anilines is 1. The number of likely N-dealkylation sites (N-methyl/N-ethyl adjacent to an activating group) is 1. The predicted octanol–water partition coefficient (Wildman–Crippen LogP) is 0.892. The van der Waals surface area contributed by atoms with Gasteiger partial charge in [-0.2, -0.15) is 0 Å². The highest BCUT2D eigenvalue weighted by Gasteiger charge is 2.30. The Bertz CT molecular complexity index is 880. The number of nitrogens with zero attached hydrogens (tertiary/aromatic N) is 2. The fourth-order valence-electron chi connectivity index (χ4n) is 3.00. The number of hydrogen-bond donors (Lipinski definition) is 1. The van der Waals surface area contributed by atoms with E-state index in [2.05, 4.69) is 7.05 Å². The molecule has 0 unspecified atom stereocenters. The number of hydrogen-bond acceptors (Lipinski definition) is 3. The van der Waals surface area contributed by atoms with Crippen molar-refractivity contribution in [3.8, 4) is 0 Å². The SMILES string of the molecule is C[NH+]1CCN(C(=O)CN(c2ccc(Cl)cc2)S(=O)(=O)c2ccccc2)CC1. The standard InChI is InChI=1S/C19H22ClN3O3S/c1-21-11-13-22(14-12-21)19(24)15-23(17-9-7-16(20)8-10-17)27(25,26)18-5-3-2-4-6-18/h2-10H,11-15H2,1H3/p+1. The molecule has 1 amide bonds. The van der Waals surface area contributed by atoms with Crippen LogP contribution in [0.4, 0.5) is 5.69 Å². The Morgan fingerprint density at radius 1 is 1.07 bits per heavy atom. The Labute approximate surface area is 165 Å². The Kier molecular flexibility index (Phi) is 6.04. The number of benzene rings is 2. The molecule has 0 saturated carbocycles.